The third kappa shape index (κ3) is 3.60. The van der Waals surface area contributed by atoms with Crippen molar-refractivity contribution in [1.82, 2.24) is 9.88 Å². The number of halogens is 1. The minimum Gasteiger partial charge on any atom is -0.407 e. The Hall–Kier alpha value is -3.13. The van der Waals surface area contributed by atoms with Gasteiger partial charge in [0.1, 0.15) is 6.54 Å². The number of non-ortho nitro benzene ring substituents is 1. The van der Waals surface area contributed by atoms with Gasteiger partial charge in [0, 0.05) is 11.1 Å². The highest BCUT2D eigenvalue weighted by Crippen LogP contribution is 2.20. The number of hydrogen-bond acceptors (Lipinski definition) is 5. The average molecular weight is 376 g/mol. The molecule has 0 saturated heterocycles. The van der Waals surface area contributed by atoms with E-state index in [9.17, 15) is 19.7 Å². The summed E-state index contributed by atoms with van der Waals surface area (Å²) >= 11 is 5.84. The van der Waals surface area contributed by atoms with Crippen LogP contribution in [0.4, 0.5) is 5.69 Å². The van der Waals surface area contributed by atoms with Crippen LogP contribution in [-0.4, -0.2) is 15.4 Å². The molecule has 0 aliphatic carbocycles. The van der Waals surface area contributed by atoms with Gasteiger partial charge in [0.2, 0.25) is 5.91 Å². The van der Waals surface area contributed by atoms with E-state index in [1.807, 2.05) is 0 Å². The number of nitrogens with one attached hydrogen (secondary N) is 1. The van der Waals surface area contributed by atoms with E-state index in [2.05, 4.69) is 5.32 Å². The molecule has 0 radical (unpaired) electrons. The lowest BCUT2D eigenvalue weighted by molar-refractivity contribution is -0.384. The molecule has 0 spiro atoms. The van der Waals surface area contributed by atoms with Gasteiger partial charge in [0.15, 0.2) is 5.58 Å². The van der Waals surface area contributed by atoms with E-state index in [0.717, 1.165) is 16.2 Å². The first-order valence-electron chi connectivity index (χ1n) is 7.68. The number of hydrogen-bond donors (Lipinski definition) is 1. The highest BCUT2D eigenvalue weighted by Gasteiger charge is 2.17. The third-order valence-corrected chi connectivity index (χ3v) is 4.16. The molecule has 0 saturated carbocycles. The zero-order valence-electron chi connectivity index (χ0n) is 13.6. The smallest absolute Gasteiger partial charge is 0.407 e. The van der Waals surface area contributed by atoms with Crippen LogP contribution in [0.25, 0.3) is 11.1 Å². The fraction of sp³-hybridized carbons (Fsp3) is 0.176. The molecule has 1 amide bonds. The fourth-order valence-corrected chi connectivity index (χ4v) is 2.71. The van der Waals surface area contributed by atoms with Crippen molar-refractivity contribution in [1.29, 1.82) is 0 Å². The molecule has 9 heteroatoms. The monoisotopic (exact) mass is 375 g/mol. The molecule has 3 aromatic rings. The van der Waals surface area contributed by atoms with Gasteiger partial charge in [0.05, 0.1) is 22.5 Å². The van der Waals surface area contributed by atoms with Gasteiger partial charge in [-0.15, -0.1) is 0 Å². The van der Waals surface area contributed by atoms with E-state index in [1.54, 1.807) is 31.2 Å². The Bertz CT molecular complexity index is 1040. The summed E-state index contributed by atoms with van der Waals surface area (Å²) in [5, 5.41) is 14.2. The SMILES string of the molecule is C[C@@H](NC(=O)Cn1c(=O)oc2cc([N+](=O)[O-])ccc21)c1ccc(Cl)cc1. The molecule has 0 aliphatic rings. The molecular weight excluding hydrogens is 362 g/mol. The number of carbonyl (C=O) groups is 1. The maximum atomic E-state index is 12.3. The van der Waals surface area contributed by atoms with E-state index < -0.39 is 16.6 Å². The summed E-state index contributed by atoms with van der Waals surface area (Å²) in [6, 6.07) is 10.5. The number of carbonyl (C=O) groups excluding carboxylic acids is 1. The largest absolute Gasteiger partial charge is 0.420 e. The molecule has 2 aromatic carbocycles. The molecule has 0 aliphatic heterocycles. The zero-order chi connectivity index (χ0) is 18.8. The van der Waals surface area contributed by atoms with Gasteiger partial charge in [-0.1, -0.05) is 23.7 Å². The first kappa shape index (κ1) is 17.7. The van der Waals surface area contributed by atoms with Gasteiger partial charge in [-0.3, -0.25) is 19.5 Å². The van der Waals surface area contributed by atoms with Crippen molar-refractivity contribution in [2.24, 2.45) is 0 Å². The minimum absolute atomic E-state index is 0.0581. The van der Waals surface area contributed by atoms with Crippen LogP contribution in [0.5, 0.6) is 0 Å². The average Bonchev–Trinajstić information content (AvgIpc) is 2.90. The predicted molar refractivity (Wildman–Crippen MR) is 95.1 cm³/mol. The Morgan fingerprint density at radius 3 is 2.65 bits per heavy atom. The molecule has 1 aromatic heterocycles. The fourth-order valence-electron chi connectivity index (χ4n) is 2.58. The molecule has 134 valence electrons. The molecule has 3 rings (SSSR count). The number of nitro benzene ring substituents is 1. The van der Waals surface area contributed by atoms with Gasteiger partial charge in [-0.05, 0) is 30.7 Å². The number of benzene rings is 2. The maximum Gasteiger partial charge on any atom is 0.420 e. The molecule has 1 N–H and O–H groups in total. The summed E-state index contributed by atoms with van der Waals surface area (Å²) in [5.41, 5.74) is 1.04. The second-order valence-corrected chi connectivity index (χ2v) is 6.14. The summed E-state index contributed by atoms with van der Waals surface area (Å²) in [6.07, 6.45) is 0. The number of aromatic nitrogens is 1. The van der Waals surface area contributed by atoms with Crippen molar-refractivity contribution >= 4 is 34.3 Å². The second kappa shape index (κ2) is 7.01. The van der Waals surface area contributed by atoms with Crippen LogP contribution in [0.1, 0.15) is 18.5 Å². The van der Waals surface area contributed by atoms with Crippen LogP contribution in [0.2, 0.25) is 5.02 Å². The van der Waals surface area contributed by atoms with Crippen LogP contribution < -0.4 is 11.1 Å². The van der Waals surface area contributed by atoms with E-state index >= 15 is 0 Å². The highest BCUT2D eigenvalue weighted by atomic mass is 35.5. The first-order chi connectivity index (χ1) is 12.3. The molecule has 0 bridgehead atoms. The normalized spacial score (nSPS) is 12.1. The van der Waals surface area contributed by atoms with Gasteiger partial charge >= 0.3 is 5.76 Å². The zero-order valence-corrected chi connectivity index (χ0v) is 14.4. The van der Waals surface area contributed by atoms with Crippen molar-refractivity contribution in [3.8, 4) is 0 Å². The lowest BCUT2D eigenvalue weighted by Crippen LogP contribution is -2.32. The quantitative estimate of drug-likeness (QED) is 0.544. The maximum absolute atomic E-state index is 12.3. The Morgan fingerprint density at radius 1 is 1.31 bits per heavy atom. The molecule has 26 heavy (non-hydrogen) atoms. The molecule has 0 unspecified atom stereocenters. The van der Waals surface area contributed by atoms with Crippen LogP contribution in [0.15, 0.2) is 51.7 Å². The highest BCUT2D eigenvalue weighted by molar-refractivity contribution is 6.30. The number of oxazole rings is 1. The van der Waals surface area contributed by atoms with E-state index in [0.29, 0.717) is 10.5 Å². The van der Waals surface area contributed by atoms with E-state index in [1.165, 1.54) is 12.1 Å². The van der Waals surface area contributed by atoms with Crippen molar-refractivity contribution < 1.29 is 14.1 Å². The van der Waals surface area contributed by atoms with Crippen molar-refractivity contribution in [3.05, 3.63) is 73.7 Å². The second-order valence-electron chi connectivity index (χ2n) is 5.70. The van der Waals surface area contributed by atoms with Crippen LogP contribution >= 0.6 is 11.6 Å². The van der Waals surface area contributed by atoms with Gasteiger partial charge in [0.25, 0.3) is 5.69 Å². The lowest BCUT2D eigenvalue weighted by atomic mass is 10.1. The Labute approximate surface area is 152 Å². The van der Waals surface area contributed by atoms with Crippen molar-refractivity contribution in [2.45, 2.75) is 19.5 Å². The van der Waals surface area contributed by atoms with Crippen molar-refractivity contribution in [2.75, 3.05) is 0 Å². The Kier molecular flexibility index (Phi) is 4.77. The lowest BCUT2D eigenvalue weighted by Gasteiger charge is -2.14. The van der Waals surface area contributed by atoms with Gasteiger partial charge < -0.3 is 9.73 Å². The minimum atomic E-state index is -0.755. The first-order valence-corrected chi connectivity index (χ1v) is 8.05. The number of amides is 1. The summed E-state index contributed by atoms with van der Waals surface area (Å²) in [4.78, 5) is 34.5. The van der Waals surface area contributed by atoms with Crippen molar-refractivity contribution in [3.63, 3.8) is 0 Å². The molecular formula is C17H14ClN3O5. The topological polar surface area (TPSA) is 107 Å². The molecule has 1 atom stereocenters. The van der Waals surface area contributed by atoms with Gasteiger partial charge in [-0.2, -0.15) is 0 Å². The molecule has 8 nitrogen and oxygen atoms in total. The predicted octanol–water partition coefficient (Wildman–Crippen LogP) is 3.03. The summed E-state index contributed by atoms with van der Waals surface area (Å²) in [5.74, 6) is -1.15. The number of fused-ring (bicyclic) bond motifs is 1. The molecule has 0 fully saturated rings. The number of nitro groups is 1. The number of rotatable bonds is 5. The summed E-state index contributed by atoms with van der Waals surface area (Å²) in [6.45, 7) is 1.54. The standard InChI is InChI=1S/C17H14ClN3O5/c1-10(11-2-4-12(18)5-3-11)19-16(22)9-20-14-7-6-13(21(24)25)8-15(14)26-17(20)23/h2-8,10H,9H2,1H3,(H,19,22)/t10-/m1/s1. The Morgan fingerprint density at radius 2 is 2.00 bits per heavy atom. The van der Waals surface area contributed by atoms with Crippen LogP contribution in [0, 0.1) is 10.1 Å². The third-order valence-electron chi connectivity index (χ3n) is 3.91. The summed E-state index contributed by atoms with van der Waals surface area (Å²) in [7, 11) is 0. The number of nitrogens with zero attached hydrogens (tertiary/aromatic N) is 2. The molecule has 1 heterocycles. The van der Waals surface area contributed by atoms with E-state index in [4.69, 9.17) is 16.0 Å². The van der Waals surface area contributed by atoms with E-state index in [-0.39, 0.29) is 23.9 Å². The summed E-state index contributed by atoms with van der Waals surface area (Å²) < 4.78 is 6.13. The van der Waals surface area contributed by atoms with Crippen LogP contribution in [0.3, 0.4) is 0 Å². The van der Waals surface area contributed by atoms with Gasteiger partial charge in [-0.25, -0.2) is 4.79 Å². The Balaban J connectivity index is 1.78. The van der Waals surface area contributed by atoms with Crippen LogP contribution in [-0.2, 0) is 11.3 Å².